The van der Waals surface area contributed by atoms with E-state index in [1.54, 1.807) is 21.3 Å². The van der Waals surface area contributed by atoms with Gasteiger partial charge in [-0.05, 0) is 72.8 Å². The molecule has 0 heterocycles. The van der Waals surface area contributed by atoms with Gasteiger partial charge in [0.2, 0.25) is 0 Å². The Kier molecular flexibility index (Phi) is 8.44. The van der Waals surface area contributed by atoms with Crippen molar-refractivity contribution in [1.82, 2.24) is 0 Å². The second kappa shape index (κ2) is 11.9. The molecular formula is C29H24O3Si. The Morgan fingerprint density at radius 1 is 0.515 bits per heavy atom. The fourth-order valence-corrected chi connectivity index (χ4v) is 3.11. The minimum atomic E-state index is 0.720. The van der Waals surface area contributed by atoms with Gasteiger partial charge in [0.1, 0.15) is 17.2 Å². The summed E-state index contributed by atoms with van der Waals surface area (Å²) >= 11 is 0. The molecule has 0 bridgehead atoms. The molecule has 0 unspecified atom stereocenters. The summed E-state index contributed by atoms with van der Waals surface area (Å²) in [7, 11) is 5.66. The predicted molar refractivity (Wildman–Crippen MR) is 137 cm³/mol. The van der Waals surface area contributed by atoms with E-state index in [4.69, 9.17) is 14.2 Å². The van der Waals surface area contributed by atoms with Crippen molar-refractivity contribution in [1.29, 1.82) is 0 Å². The van der Waals surface area contributed by atoms with E-state index in [9.17, 15) is 0 Å². The molecule has 0 aromatic heterocycles. The Labute approximate surface area is 198 Å². The maximum atomic E-state index is 5.22. The number of methoxy groups -OCH3 is 3. The van der Waals surface area contributed by atoms with E-state index in [0.717, 1.165) is 55.0 Å². The van der Waals surface area contributed by atoms with Gasteiger partial charge in [0, 0.05) is 21.9 Å². The summed E-state index contributed by atoms with van der Waals surface area (Å²) in [6, 6.07) is 22.9. The minimum absolute atomic E-state index is 0.720. The van der Waals surface area contributed by atoms with Crippen LogP contribution in [-0.2, 0) is 0 Å². The van der Waals surface area contributed by atoms with E-state index in [1.165, 1.54) is 0 Å². The molecule has 0 fully saturated rings. The smallest absolute Gasteiger partial charge is 0.118 e. The first-order valence-corrected chi connectivity index (χ1v) is 11.3. The highest BCUT2D eigenvalue weighted by molar-refractivity contribution is 6.25. The molecule has 0 amide bonds. The Morgan fingerprint density at radius 3 is 1.12 bits per heavy atom. The van der Waals surface area contributed by atoms with Crippen LogP contribution >= 0.6 is 0 Å². The van der Waals surface area contributed by atoms with Crippen molar-refractivity contribution in [2.75, 3.05) is 21.3 Å². The SMILES string of the molecule is COc1ccc(C#CC([SiH3])=C(C#Cc2ccc(OC)cc2)C#Cc2ccc(OC)cc2)cc1. The second-order valence-electron chi connectivity index (χ2n) is 6.94. The fourth-order valence-electron chi connectivity index (χ4n) is 2.74. The lowest BCUT2D eigenvalue weighted by molar-refractivity contribution is 0.414. The van der Waals surface area contributed by atoms with E-state index in [2.05, 4.69) is 35.5 Å². The van der Waals surface area contributed by atoms with Gasteiger partial charge in [0.25, 0.3) is 0 Å². The second-order valence-corrected chi connectivity index (χ2v) is 7.94. The van der Waals surface area contributed by atoms with Crippen LogP contribution in [0.3, 0.4) is 0 Å². The molecule has 3 aromatic rings. The third-order valence-electron chi connectivity index (χ3n) is 4.70. The fraction of sp³-hybridized carbons (Fsp3) is 0.103. The number of allylic oxidation sites excluding steroid dienone is 2. The Bertz CT molecular complexity index is 1230. The molecule has 0 aliphatic heterocycles. The maximum absolute atomic E-state index is 5.22. The van der Waals surface area contributed by atoms with E-state index >= 15 is 0 Å². The lowest BCUT2D eigenvalue weighted by atomic mass is 10.1. The van der Waals surface area contributed by atoms with E-state index in [-0.39, 0.29) is 0 Å². The number of ether oxygens (including phenoxy) is 3. The van der Waals surface area contributed by atoms with Crippen LogP contribution in [0.25, 0.3) is 0 Å². The van der Waals surface area contributed by atoms with Crippen LogP contribution in [0.4, 0.5) is 0 Å². The van der Waals surface area contributed by atoms with Crippen molar-refractivity contribution in [2.45, 2.75) is 0 Å². The third kappa shape index (κ3) is 7.12. The molecule has 162 valence electrons. The first kappa shape index (κ1) is 23.4. The number of benzene rings is 3. The normalized spacial score (nSPS) is 9.18. The van der Waals surface area contributed by atoms with Crippen molar-refractivity contribution in [2.24, 2.45) is 0 Å². The topological polar surface area (TPSA) is 27.7 Å². The van der Waals surface area contributed by atoms with E-state index < -0.39 is 0 Å². The Balaban J connectivity index is 1.95. The molecule has 3 nitrogen and oxygen atoms in total. The van der Waals surface area contributed by atoms with Crippen molar-refractivity contribution in [3.63, 3.8) is 0 Å². The number of hydrogen-bond acceptors (Lipinski definition) is 3. The molecule has 33 heavy (non-hydrogen) atoms. The van der Waals surface area contributed by atoms with Crippen molar-refractivity contribution in [3.8, 4) is 52.8 Å². The Morgan fingerprint density at radius 2 is 0.818 bits per heavy atom. The summed E-state index contributed by atoms with van der Waals surface area (Å²) in [5, 5.41) is 0.938. The van der Waals surface area contributed by atoms with Crippen molar-refractivity contribution < 1.29 is 14.2 Å². The molecule has 0 atom stereocenters. The maximum Gasteiger partial charge on any atom is 0.118 e. The zero-order chi connectivity index (χ0) is 23.5. The summed E-state index contributed by atoms with van der Waals surface area (Å²) in [5.74, 6) is 21.7. The van der Waals surface area contributed by atoms with Crippen LogP contribution < -0.4 is 14.2 Å². The summed E-state index contributed by atoms with van der Waals surface area (Å²) in [6.45, 7) is 0. The van der Waals surface area contributed by atoms with Gasteiger partial charge >= 0.3 is 0 Å². The lowest BCUT2D eigenvalue weighted by Gasteiger charge is -1.99. The van der Waals surface area contributed by atoms with Gasteiger partial charge in [-0.1, -0.05) is 35.5 Å². The van der Waals surface area contributed by atoms with Crippen molar-refractivity contribution >= 4 is 10.2 Å². The number of rotatable bonds is 3. The van der Waals surface area contributed by atoms with Gasteiger partial charge in [0.15, 0.2) is 0 Å². The summed E-state index contributed by atoms with van der Waals surface area (Å²) in [4.78, 5) is 0. The van der Waals surface area contributed by atoms with Gasteiger partial charge in [0.05, 0.1) is 37.1 Å². The monoisotopic (exact) mass is 448 g/mol. The van der Waals surface area contributed by atoms with E-state index in [1.807, 2.05) is 72.8 Å². The van der Waals surface area contributed by atoms with Gasteiger partial charge < -0.3 is 14.2 Å². The van der Waals surface area contributed by atoms with Gasteiger partial charge in [-0.2, -0.15) is 0 Å². The van der Waals surface area contributed by atoms with Crippen LogP contribution in [-0.4, -0.2) is 31.6 Å². The quantitative estimate of drug-likeness (QED) is 0.451. The summed E-state index contributed by atoms with van der Waals surface area (Å²) < 4.78 is 15.6. The molecule has 4 heteroatoms. The highest BCUT2D eigenvalue weighted by Gasteiger charge is 1.97. The summed E-state index contributed by atoms with van der Waals surface area (Å²) in [6.07, 6.45) is 0. The molecular weight excluding hydrogens is 424 g/mol. The molecule has 0 N–H and O–H groups in total. The third-order valence-corrected chi connectivity index (χ3v) is 5.45. The average molecular weight is 449 g/mol. The highest BCUT2D eigenvalue weighted by Crippen LogP contribution is 2.13. The Hall–Kier alpha value is -4.30. The first-order valence-electron chi connectivity index (χ1n) is 10.3. The van der Waals surface area contributed by atoms with Crippen LogP contribution in [0.2, 0.25) is 0 Å². The molecule has 0 spiro atoms. The molecule has 0 aliphatic carbocycles. The van der Waals surface area contributed by atoms with Crippen LogP contribution in [0.5, 0.6) is 17.2 Å². The zero-order valence-corrected chi connectivity index (χ0v) is 21.2. The predicted octanol–water partition coefficient (Wildman–Crippen LogP) is 3.79. The number of hydrogen-bond donors (Lipinski definition) is 0. The average Bonchev–Trinajstić information content (AvgIpc) is 2.88. The minimum Gasteiger partial charge on any atom is -0.497 e. The largest absolute Gasteiger partial charge is 0.497 e. The molecule has 0 aliphatic rings. The first-order chi connectivity index (χ1) is 16.1. The van der Waals surface area contributed by atoms with E-state index in [0.29, 0.717) is 0 Å². The van der Waals surface area contributed by atoms with Gasteiger partial charge in [-0.3, -0.25) is 0 Å². The standard InChI is InChI=1S/C29H24O3Si/c1-30-26-15-6-22(7-16-26)4-13-25(14-5-23-8-17-27(31-2)18-9-23)29(33)21-12-24-10-19-28(32-3)20-11-24/h6-11,15-20H,1-3,33H3. The molecule has 3 aromatic carbocycles. The van der Waals surface area contributed by atoms with Gasteiger partial charge in [-0.15, -0.1) is 0 Å². The van der Waals surface area contributed by atoms with Crippen LogP contribution in [0.1, 0.15) is 16.7 Å². The molecule has 3 rings (SSSR count). The van der Waals surface area contributed by atoms with Crippen molar-refractivity contribution in [3.05, 3.63) is 100 Å². The zero-order valence-electron chi connectivity index (χ0n) is 19.2. The van der Waals surface area contributed by atoms with Crippen LogP contribution in [0.15, 0.2) is 83.6 Å². The molecule has 0 radical (unpaired) electrons. The summed E-state index contributed by atoms with van der Waals surface area (Å²) in [5.41, 5.74) is 3.42. The lowest BCUT2D eigenvalue weighted by Crippen LogP contribution is -1.88. The molecule has 0 saturated heterocycles. The van der Waals surface area contributed by atoms with Gasteiger partial charge in [-0.25, -0.2) is 0 Å². The highest BCUT2D eigenvalue weighted by atomic mass is 28.1. The molecule has 0 saturated carbocycles. The van der Waals surface area contributed by atoms with Crippen LogP contribution in [0, 0.1) is 35.5 Å².